The van der Waals surface area contributed by atoms with Gasteiger partial charge in [0, 0.05) is 18.1 Å². The summed E-state index contributed by atoms with van der Waals surface area (Å²) in [5.41, 5.74) is 2.22. The molecule has 2 aliphatic rings. The zero-order valence-corrected chi connectivity index (χ0v) is 15.9. The highest BCUT2D eigenvalue weighted by molar-refractivity contribution is 6.30. The second-order valence-corrected chi connectivity index (χ2v) is 7.54. The SMILES string of the molecule is C=CCN1C(=O)NC(c2cccc(Cl)c2)C2=C1CN(CCC(C)C)C2=O. The summed E-state index contributed by atoms with van der Waals surface area (Å²) in [4.78, 5) is 29.2. The van der Waals surface area contributed by atoms with Crippen LogP contribution in [0.4, 0.5) is 4.79 Å². The Kier molecular flexibility index (Phi) is 5.37. The molecule has 1 aromatic carbocycles. The molecule has 138 valence electrons. The van der Waals surface area contributed by atoms with Crippen LogP contribution in [0.5, 0.6) is 0 Å². The molecule has 5 nitrogen and oxygen atoms in total. The lowest BCUT2D eigenvalue weighted by molar-refractivity contribution is -0.125. The molecule has 0 fully saturated rings. The van der Waals surface area contributed by atoms with Crippen molar-refractivity contribution in [3.63, 3.8) is 0 Å². The molecule has 2 aliphatic heterocycles. The van der Waals surface area contributed by atoms with Crippen molar-refractivity contribution >= 4 is 23.5 Å². The molecule has 6 heteroatoms. The summed E-state index contributed by atoms with van der Waals surface area (Å²) in [7, 11) is 0. The molecule has 3 amide bonds. The van der Waals surface area contributed by atoms with Crippen molar-refractivity contribution < 1.29 is 9.59 Å². The standard InChI is InChI=1S/C20H24ClN3O2/c1-4-9-24-16-12-23(10-8-13(2)3)19(25)17(16)18(22-20(24)26)14-6-5-7-15(21)11-14/h4-7,11,13,18H,1,8-10,12H2,2-3H3,(H,22,26). The third-order valence-electron chi connectivity index (χ3n) is 4.77. The number of amides is 3. The number of rotatable bonds is 6. The fraction of sp³-hybridized carbons (Fsp3) is 0.400. The van der Waals surface area contributed by atoms with Gasteiger partial charge in [-0.05, 0) is 30.0 Å². The van der Waals surface area contributed by atoms with Crippen LogP contribution in [0, 0.1) is 5.92 Å². The van der Waals surface area contributed by atoms with E-state index in [0.717, 1.165) is 17.7 Å². The third kappa shape index (κ3) is 3.49. The summed E-state index contributed by atoms with van der Waals surface area (Å²) in [6, 6.07) is 6.59. The topological polar surface area (TPSA) is 52.7 Å². The Morgan fingerprint density at radius 2 is 2.15 bits per heavy atom. The quantitative estimate of drug-likeness (QED) is 0.772. The Bertz CT molecular complexity index is 772. The van der Waals surface area contributed by atoms with E-state index in [1.54, 1.807) is 23.1 Å². The van der Waals surface area contributed by atoms with E-state index < -0.39 is 6.04 Å². The fourth-order valence-corrected chi connectivity index (χ4v) is 3.60. The average molecular weight is 374 g/mol. The van der Waals surface area contributed by atoms with Gasteiger partial charge in [0.2, 0.25) is 0 Å². The summed E-state index contributed by atoms with van der Waals surface area (Å²) in [5.74, 6) is 0.493. The molecule has 0 saturated heterocycles. The maximum absolute atomic E-state index is 13.1. The second kappa shape index (κ2) is 7.54. The Morgan fingerprint density at radius 3 is 2.81 bits per heavy atom. The van der Waals surface area contributed by atoms with Crippen LogP contribution in [0.3, 0.4) is 0 Å². The first-order valence-corrected chi connectivity index (χ1v) is 9.27. The molecule has 3 rings (SSSR count). The molecule has 0 radical (unpaired) electrons. The van der Waals surface area contributed by atoms with Gasteiger partial charge in [-0.3, -0.25) is 9.69 Å². The van der Waals surface area contributed by atoms with Gasteiger partial charge in [-0.15, -0.1) is 6.58 Å². The first kappa shape index (κ1) is 18.5. The molecule has 0 aromatic heterocycles. The predicted octanol–water partition coefficient (Wildman–Crippen LogP) is 3.73. The van der Waals surface area contributed by atoms with Gasteiger partial charge in [0.15, 0.2) is 0 Å². The normalized spacial score (nSPS) is 19.9. The molecule has 0 bridgehead atoms. The Balaban J connectivity index is 1.98. The first-order valence-electron chi connectivity index (χ1n) is 8.89. The number of nitrogens with zero attached hydrogens (tertiary/aromatic N) is 2. The fourth-order valence-electron chi connectivity index (χ4n) is 3.40. The Hall–Kier alpha value is -2.27. The highest BCUT2D eigenvalue weighted by Gasteiger charge is 2.43. The number of carbonyl (C=O) groups is 2. The summed E-state index contributed by atoms with van der Waals surface area (Å²) >= 11 is 6.12. The van der Waals surface area contributed by atoms with Gasteiger partial charge >= 0.3 is 6.03 Å². The van der Waals surface area contributed by atoms with E-state index in [2.05, 4.69) is 25.7 Å². The van der Waals surface area contributed by atoms with Gasteiger partial charge < -0.3 is 10.2 Å². The summed E-state index contributed by atoms with van der Waals surface area (Å²) < 4.78 is 0. The highest BCUT2D eigenvalue weighted by atomic mass is 35.5. The van der Waals surface area contributed by atoms with E-state index in [1.165, 1.54) is 0 Å². The number of carbonyl (C=O) groups excluding carboxylic acids is 2. The van der Waals surface area contributed by atoms with Crippen LogP contribution in [0.2, 0.25) is 5.02 Å². The van der Waals surface area contributed by atoms with E-state index in [0.29, 0.717) is 36.1 Å². The van der Waals surface area contributed by atoms with Crippen molar-refractivity contribution in [2.75, 3.05) is 19.6 Å². The lowest BCUT2D eigenvalue weighted by Gasteiger charge is -2.33. The molecule has 1 N–H and O–H groups in total. The van der Waals surface area contributed by atoms with Gasteiger partial charge in [0.1, 0.15) is 0 Å². The van der Waals surface area contributed by atoms with Gasteiger partial charge in [-0.1, -0.05) is 43.7 Å². The van der Waals surface area contributed by atoms with Gasteiger partial charge in [0.25, 0.3) is 5.91 Å². The number of halogens is 1. The number of hydrogen-bond donors (Lipinski definition) is 1. The van der Waals surface area contributed by atoms with Crippen LogP contribution in [-0.4, -0.2) is 41.4 Å². The first-order chi connectivity index (χ1) is 12.4. The molecular formula is C20H24ClN3O2. The minimum absolute atomic E-state index is 0.0142. The summed E-state index contributed by atoms with van der Waals surface area (Å²) in [6.07, 6.45) is 2.60. The maximum Gasteiger partial charge on any atom is 0.322 e. The zero-order chi connectivity index (χ0) is 18.8. The average Bonchev–Trinajstić information content (AvgIpc) is 2.92. The molecule has 1 aromatic rings. The van der Waals surface area contributed by atoms with Crippen molar-refractivity contribution in [1.29, 1.82) is 0 Å². The molecule has 1 atom stereocenters. The van der Waals surface area contributed by atoms with Gasteiger partial charge in [-0.2, -0.15) is 0 Å². The van der Waals surface area contributed by atoms with Crippen molar-refractivity contribution in [2.45, 2.75) is 26.3 Å². The third-order valence-corrected chi connectivity index (χ3v) is 5.00. The van der Waals surface area contributed by atoms with Crippen LogP contribution >= 0.6 is 11.6 Å². The van der Waals surface area contributed by atoms with E-state index in [4.69, 9.17) is 11.6 Å². The Labute approximate surface area is 159 Å². The smallest absolute Gasteiger partial charge is 0.322 e. The van der Waals surface area contributed by atoms with Gasteiger partial charge in [0.05, 0.1) is 23.9 Å². The van der Waals surface area contributed by atoms with E-state index >= 15 is 0 Å². The molecule has 1 unspecified atom stereocenters. The van der Waals surface area contributed by atoms with Crippen molar-refractivity contribution in [3.05, 3.63) is 58.8 Å². The summed E-state index contributed by atoms with van der Waals surface area (Å²) in [6.45, 7) is 9.52. The highest BCUT2D eigenvalue weighted by Crippen LogP contribution is 2.36. The van der Waals surface area contributed by atoms with Crippen LogP contribution in [0.1, 0.15) is 31.9 Å². The molecule has 0 spiro atoms. The number of benzene rings is 1. The largest absolute Gasteiger partial charge is 0.333 e. The summed E-state index contributed by atoms with van der Waals surface area (Å²) in [5, 5.41) is 3.54. The monoisotopic (exact) mass is 373 g/mol. The van der Waals surface area contributed by atoms with E-state index in [9.17, 15) is 9.59 Å². The van der Waals surface area contributed by atoms with Crippen LogP contribution in [-0.2, 0) is 4.79 Å². The van der Waals surface area contributed by atoms with Crippen LogP contribution < -0.4 is 5.32 Å². The van der Waals surface area contributed by atoms with Crippen molar-refractivity contribution in [2.24, 2.45) is 5.92 Å². The number of hydrogen-bond acceptors (Lipinski definition) is 2. The molecule has 26 heavy (non-hydrogen) atoms. The Morgan fingerprint density at radius 1 is 1.38 bits per heavy atom. The molecule has 0 aliphatic carbocycles. The van der Waals surface area contributed by atoms with Crippen LogP contribution in [0.15, 0.2) is 48.2 Å². The van der Waals surface area contributed by atoms with E-state index in [1.807, 2.05) is 17.0 Å². The number of nitrogens with one attached hydrogen (secondary N) is 1. The molecular weight excluding hydrogens is 350 g/mol. The lowest BCUT2D eigenvalue weighted by atomic mass is 9.95. The minimum atomic E-state index is -0.478. The minimum Gasteiger partial charge on any atom is -0.333 e. The molecule has 0 saturated carbocycles. The zero-order valence-electron chi connectivity index (χ0n) is 15.2. The lowest BCUT2D eigenvalue weighted by Crippen LogP contribution is -2.47. The molecule has 2 heterocycles. The van der Waals surface area contributed by atoms with Crippen LogP contribution in [0.25, 0.3) is 0 Å². The maximum atomic E-state index is 13.1. The number of urea groups is 1. The predicted molar refractivity (Wildman–Crippen MR) is 103 cm³/mol. The van der Waals surface area contributed by atoms with E-state index in [-0.39, 0.29) is 11.9 Å². The van der Waals surface area contributed by atoms with Crippen molar-refractivity contribution in [3.8, 4) is 0 Å². The second-order valence-electron chi connectivity index (χ2n) is 7.11. The van der Waals surface area contributed by atoms with Gasteiger partial charge in [-0.25, -0.2) is 4.79 Å². The van der Waals surface area contributed by atoms with Crippen molar-refractivity contribution in [1.82, 2.24) is 15.1 Å².